The molecule has 0 atom stereocenters. The Morgan fingerprint density at radius 3 is 3.14 bits per heavy atom. The lowest BCUT2D eigenvalue weighted by atomic mass is 10.3. The first-order valence-electron chi connectivity index (χ1n) is 4.07. The maximum atomic E-state index is 11.2. The summed E-state index contributed by atoms with van der Waals surface area (Å²) >= 11 is 0. The highest BCUT2D eigenvalue weighted by molar-refractivity contribution is 5.92. The molecule has 2 N–H and O–H groups in total. The molecule has 0 bridgehead atoms. The Bertz CT molecular complexity index is 369. The average molecular weight is 190 g/mol. The van der Waals surface area contributed by atoms with Crippen LogP contribution in [0.1, 0.15) is 5.56 Å². The third kappa shape index (κ3) is 2.54. The first kappa shape index (κ1) is 10.2. The van der Waals surface area contributed by atoms with Crippen LogP contribution < -0.4 is 10.6 Å². The van der Waals surface area contributed by atoms with E-state index in [1.54, 1.807) is 19.2 Å². The smallest absolute Gasteiger partial charge is 0.239 e. The van der Waals surface area contributed by atoms with Crippen LogP contribution in [0.25, 0.3) is 0 Å². The summed E-state index contributed by atoms with van der Waals surface area (Å²) in [6.45, 7) is 0.196. The van der Waals surface area contributed by atoms with Gasteiger partial charge in [-0.1, -0.05) is 0 Å². The lowest BCUT2D eigenvalue weighted by Gasteiger charge is -2.04. The van der Waals surface area contributed by atoms with E-state index in [9.17, 15) is 4.79 Å². The van der Waals surface area contributed by atoms with Crippen molar-refractivity contribution in [3.8, 4) is 6.07 Å². The average Bonchev–Trinajstić information content (AvgIpc) is 2.19. The van der Waals surface area contributed by atoms with E-state index in [1.165, 1.54) is 6.20 Å². The third-order valence-electron chi connectivity index (χ3n) is 1.52. The molecule has 0 fully saturated rings. The molecule has 0 aliphatic heterocycles. The summed E-state index contributed by atoms with van der Waals surface area (Å²) in [5.41, 5.74) is 0.358. The van der Waals surface area contributed by atoms with Gasteiger partial charge < -0.3 is 10.6 Å². The van der Waals surface area contributed by atoms with Crippen molar-refractivity contribution in [1.82, 2.24) is 10.3 Å². The molecule has 5 heteroatoms. The zero-order valence-electron chi connectivity index (χ0n) is 7.74. The van der Waals surface area contributed by atoms with Gasteiger partial charge in [0, 0.05) is 6.20 Å². The maximum Gasteiger partial charge on any atom is 0.239 e. The Morgan fingerprint density at radius 2 is 2.50 bits per heavy atom. The lowest BCUT2D eigenvalue weighted by molar-refractivity contribution is -0.115. The molecule has 0 saturated carbocycles. The van der Waals surface area contributed by atoms with Crippen molar-refractivity contribution in [2.45, 2.75) is 0 Å². The number of carbonyl (C=O) groups excluding carboxylic acids is 1. The summed E-state index contributed by atoms with van der Waals surface area (Å²) in [7, 11) is 1.67. The number of carbonyl (C=O) groups is 1. The van der Waals surface area contributed by atoms with Crippen LogP contribution in [0.4, 0.5) is 5.82 Å². The highest BCUT2D eigenvalue weighted by atomic mass is 16.1. The number of hydrogen-bond acceptors (Lipinski definition) is 4. The molecule has 0 saturated heterocycles. The molecule has 1 rings (SSSR count). The molecule has 0 spiro atoms. The van der Waals surface area contributed by atoms with Gasteiger partial charge in [0.05, 0.1) is 12.1 Å². The molecule has 72 valence electrons. The van der Waals surface area contributed by atoms with E-state index in [0.29, 0.717) is 11.4 Å². The molecule has 0 unspecified atom stereocenters. The molecule has 5 nitrogen and oxygen atoms in total. The number of aromatic nitrogens is 1. The third-order valence-corrected chi connectivity index (χ3v) is 1.52. The van der Waals surface area contributed by atoms with Gasteiger partial charge in [0.25, 0.3) is 0 Å². The highest BCUT2D eigenvalue weighted by Crippen LogP contribution is 2.08. The van der Waals surface area contributed by atoms with E-state index in [0.717, 1.165) is 0 Å². The number of rotatable bonds is 3. The standard InChI is InChI=1S/C9H10N4O/c1-11-6-8(14)13-9-7(5-10)3-2-4-12-9/h2-4,11H,6H2,1H3,(H,12,13,14). The van der Waals surface area contributed by atoms with Crippen molar-refractivity contribution in [3.63, 3.8) is 0 Å². The van der Waals surface area contributed by atoms with E-state index < -0.39 is 0 Å². The summed E-state index contributed by atoms with van der Waals surface area (Å²) in [6, 6.07) is 5.19. The number of pyridine rings is 1. The Hall–Kier alpha value is -1.93. The molecule has 1 amide bonds. The minimum absolute atomic E-state index is 0.196. The van der Waals surface area contributed by atoms with Crippen molar-refractivity contribution in [1.29, 1.82) is 5.26 Å². The minimum Gasteiger partial charge on any atom is -0.311 e. The van der Waals surface area contributed by atoms with Gasteiger partial charge in [-0.05, 0) is 19.2 Å². The van der Waals surface area contributed by atoms with Crippen molar-refractivity contribution >= 4 is 11.7 Å². The molecular formula is C9H10N4O. The SMILES string of the molecule is CNCC(=O)Nc1ncccc1C#N. The van der Waals surface area contributed by atoms with Crippen LogP contribution in [0.15, 0.2) is 18.3 Å². The van der Waals surface area contributed by atoms with Gasteiger partial charge in [-0.15, -0.1) is 0 Å². The predicted molar refractivity (Wildman–Crippen MR) is 51.5 cm³/mol. The van der Waals surface area contributed by atoms with Crippen LogP contribution in [0.3, 0.4) is 0 Å². The fourth-order valence-corrected chi connectivity index (χ4v) is 0.932. The maximum absolute atomic E-state index is 11.2. The van der Waals surface area contributed by atoms with Crippen LogP contribution in [-0.2, 0) is 4.79 Å². The Balaban J connectivity index is 2.77. The second-order valence-electron chi connectivity index (χ2n) is 2.59. The number of nitrogens with zero attached hydrogens (tertiary/aromatic N) is 2. The summed E-state index contributed by atoms with van der Waals surface area (Å²) in [5.74, 6) is 0.0814. The van der Waals surface area contributed by atoms with E-state index >= 15 is 0 Å². The van der Waals surface area contributed by atoms with Gasteiger partial charge in [0.15, 0.2) is 0 Å². The van der Waals surface area contributed by atoms with Gasteiger partial charge >= 0.3 is 0 Å². The van der Waals surface area contributed by atoms with Gasteiger partial charge in [0.2, 0.25) is 5.91 Å². The number of amides is 1. The molecular weight excluding hydrogens is 180 g/mol. The summed E-state index contributed by atoms with van der Waals surface area (Å²) in [6.07, 6.45) is 1.52. The van der Waals surface area contributed by atoms with Gasteiger partial charge in [-0.3, -0.25) is 4.79 Å². The van der Waals surface area contributed by atoms with Gasteiger partial charge in [-0.2, -0.15) is 5.26 Å². The zero-order chi connectivity index (χ0) is 10.4. The highest BCUT2D eigenvalue weighted by Gasteiger charge is 2.05. The molecule has 14 heavy (non-hydrogen) atoms. The Morgan fingerprint density at radius 1 is 1.71 bits per heavy atom. The fourth-order valence-electron chi connectivity index (χ4n) is 0.932. The first-order valence-corrected chi connectivity index (χ1v) is 4.07. The van der Waals surface area contributed by atoms with E-state index in [1.807, 2.05) is 6.07 Å². The van der Waals surface area contributed by atoms with Gasteiger partial charge in [-0.25, -0.2) is 4.98 Å². The van der Waals surface area contributed by atoms with Crippen LogP contribution in [0, 0.1) is 11.3 Å². The van der Waals surface area contributed by atoms with Crippen LogP contribution >= 0.6 is 0 Å². The number of nitriles is 1. The molecule has 0 aliphatic carbocycles. The normalized spacial score (nSPS) is 9.14. The number of hydrogen-bond donors (Lipinski definition) is 2. The zero-order valence-corrected chi connectivity index (χ0v) is 7.74. The van der Waals surface area contributed by atoms with E-state index in [-0.39, 0.29) is 12.5 Å². The summed E-state index contributed by atoms with van der Waals surface area (Å²) in [4.78, 5) is 15.0. The number of likely N-dealkylation sites (N-methyl/N-ethyl adjacent to an activating group) is 1. The number of nitrogens with one attached hydrogen (secondary N) is 2. The van der Waals surface area contributed by atoms with Crippen molar-refractivity contribution in [2.24, 2.45) is 0 Å². The summed E-state index contributed by atoms with van der Waals surface area (Å²) < 4.78 is 0. The van der Waals surface area contributed by atoms with Crippen molar-refractivity contribution < 1.29 is 4.79 Å². The molecule has 0 aliphatic rings. The first-order chi connectivity index (χ1) is 6.77. The molecule has 1 aromatic heterocycles. The second-order valence-corrected chi connectivity index (χ2v) is 2.59. The van der Waals surface area contributed by atoms with Crippen LogP contribution in [0.5, 0.6) is 0 Å². The van der Waals surface area contributed by atoms with Crippen molar-refractivity contribution in [3.05, 3.63) is 23.9 Å². The minimum atomic E-state index is -0.220. The van der Waals surface area contributed by atoms with Crippen LogP contribution in [0.2, 0.25) is 0 Å². The quantitative estimate of drug-likeness (QED) is 0.709. The summed E-state index contributed by atoms with van der Waals surface area (Å²) in [5, 5.41) is 13.9. The lowest BCUT2D eigenvalue weighted by Crippen LogP contribution is -2.25. The van der Waals surface area contributed by atoms with Crippen LogP contribution in [-0.4, -0.2) is 24.5 Å². The Labute approximate surface area is 81.8 Å². The molecule has 0 aromatic carbocycles. The van der Waals surface area contributed by atoms with Gasteiger partial charge in [0.1, 0.15) is 11.9 Å². The Kier molecular flexibility index (Phi) is 3.58. The fraction of sp³-hybridized carbons (Fsp3) is 0.222. The largest absolute Gasteiger partial charge is 0.311 e. The van der Waals surface area contributed by atoms with Crippen molar-refractivity contribution in [2.75, 3.05) is 18.9 Å². The topological polar surface area (TPSA) is 77.8 Å². The van der Waals surface area contributed by atoms with E-state index in [2.05, 4.69) is 15.6 Å². The molecule has 0 radical (unpaired) electrons. The molecule has 1 heterocycles. The molecule has 1 aromatic rings. The predicted octanol–water partition coefficient (Wildman–Crippen LogP) is 0.111. The monoisotopic (exact) mass is 190 g/mol. The second kappa shape index (κ2) is 4.94. The van der Waals surface area contributed by atoms with E-state index in [4.69, 9.17) is 5.26 Å². The number of anilines is 1.